The molecule has 0 saturated carbocycles. The molecule has 0 bridgehead atoms. The first-order valence-electron chi connectivity index (χ1n) is 4.67. The molecule has 2 rings (SSSR count). The van der Waals surface area contributed by atoms with E-state index in [0.717, 1.165) is 6.29 Å². The molecule has 1 aromatic carbocycles. The number of ether oxygens (including phenoxy) is 1. The number of aromatic nitrogens is 2. The Balaban J connectivity index is 2.08. The van der Waals surface area contributed by atoms with Gasteiger partial charge >= 0.3 is 0 Å². The maximum absolute atomic E-state index is 12.6. The summed E-state index contributed by atoms with van der Waals surface area (Å²) in [5, 5.41) is 3.91. The van der Waals surface area contributed by atoms with E-state index in [1.165, 1.54) is 35.1 Å². The van der Waals surface area contributed by atoms with Gasteiger partial charge in [0.2, 0.25) is 0 Å². The van der Waals surface area contributed by atoms with Gasteiger partial charge in [-0.05, 0) is 24.3 Å². The molecule has 0 aliphatic heterocycles. The molecule has 4 nitrogen and oxygen atoms in total. The summed E-state index contributed by atoms with van der Waals surface area (Å²) in [6, 6.07) is 5.66. The molecule has 0 unspecified atom stereocenters. The molecule has 16 heavy (non-hydrogen) atoms. The molecule has 0 aliphatic carbocycles. The number of halogens is 1. The van der Waals surface area contributed by atoms with Crippen LogP contribution in [0.25, 0.3) is 0 Å². The number of hydrogen-bond donors (Lipinski definition) is 0. The Morgan fingerprint density at radius 2 is 2.06 bits per heavy atom. The fourth-order valence-electron chi connectivity index (χ4n) is 1.21. The van der Waals surface area contributed by atoms with Crippen molar-refractivity contribution in [2.24, 2.45) is 0 Å². The molecule has 0 atom stereocenters. The van der Waals surface area contributed by atoms with E-state index in [4.69, 9.17) is 4.74 Å². The first-order valence-corrected chi connectivity index (χ1v) is 4.67. The van der Waals surface area contributed by atoms with E-state index < -0.39 is 0 Å². The first kappa shape index (κ1) is 10.4. The minimum atomic E-state index is -0.316. The van der Waals surface area contributed by atoms with Crippen molar-refractivity contribution < 1.29 is 13.9 Å². The zero-order valence-corrected chi connectivity index (χ0v) is 8.34. The lowest BCUT2D eigenvalue weighted by molar-refractivity contribution is -0.108. The molecule has 0 N–H and O–H groups in total. The molecule has 1 heterocycles. The number of aldehydes is 1. The number of nitrogens with zero attached hydrogens (tertiary/aromatic N) is 2. The van der Waals surface area contributed by atoms with Crippen LogP contribution >= 0.6 is 0 Å². The third-order valence-electron chi connectivity index (χ3n) is 1.92. The van der Waals surface area contributed by atoms with Crippen molar-refractivity contribution in [2.45, 2.75) is 6.54 Å². The third kappa shape index (κ3) is 2.44. The summed E-state index contributed by atoms with van der Waals surface area (Å²) in [4.78, 5) is 10.2. The summed E-state index contributed by atoms with van der Waals surface area (Å²) < 4.78 is 19.5. The van der Waals surface area contributed by atoms with Gasteiger partial charge in [0.15, 0.2) is 5.75 Å². The van der Waals surface area contributed by atoms with Crippen LogP contribution in [-0.2, 0) is 11.3 Å². The van der Waals surface area contributed by atoms with Crippen LogP contribution in [0.4, 0.5) is 4.39 Å². The van der Waals surface area contributed by atoms with E-state index in [1.807, 2.05) is 0 Å². The van der Waals surface area contributed by atoms with Gasteiger partial charge in [-0.3, -0.25) is 4.68 Å². The quantitative estimate of drug-likeness (QED) is 0.740. The Bertz CT molecular complexity index is 479. The van der Waals surface area contributed by atoms with Crippen molar-refractivity contribution in [3.05, 3.63) is 42.5 Å². The second kappa shape index (κ2) is 4.57. The molecular formula is C11H9FN2O2. The zero-order valence-electron chi connectivity index (χ0n) is 8.34. The van der Waals surface area contributed by atoms with E-state index >= 15 is 0 Å². The maximum Gasteiger partial charge on any atom is 0.165 e. The highest BCUT2D eigenvalue weighted by Gasteiger charge is 2.01. The van der Waals surface area contributed by atoms with Gasteiger partial charge in [-0.15, -0.1) is 0 Å². The average molecular weight is 220 g/mol. The lowest BCUT2D eigenvalue weighted by atomic mass is 10.3. The SMILES string of the molecule is O=CCn1cc(Oc2ccc(F)cc2)cn1. The van der Waals surface area contributed by atoms with Crippen molar-refractivity contribution >= 4 is 6.29 Å². The van der Waals surface area contributed by atoms with Crippen molar-refractivity contribution in [3.63, 3.8) is 0 Å². The summed E-state index contributed by atoms with van der Waals surface area (Å²) in [7, 11) is 0. The molecule has 0 fully saturated rings. The summed E-state index contributed by atoms with van der Waals surface area (Å²) in [5.41, 5.74) is 0. The number of carbonyl (C=O) groups is 1. The van der Waals surface area contributed by atoms with Crippen LogP contribution in [0.2, 0.25) is 0 Å². The normalized spacial score (nSPS) is 10.1. The average Bonchev–Trinajstić information content (AvgIpc) is 2.70. The number of rotatable bonds is 4. The minimum Gasteiger partial charge on any atom is -0.454 e. The lowest BCUT2D eigenvalue weighted by Crippen LogP contribution is -1.97. The van der Waals surface area contributed by atoms with Crippen molar-refractivity contribution in [3.8, 4) is 11.5 Å². The number of benzene rings is 1. The van der Waals surface area contributed by atoms with E-state index in [2.05, 4.69) is 5.10 Å². The highest BCUT2D eigenvalue weighted by Crippen LogP contribution is 2.20. The second-order valence-electron chi connectivity index (χ2n) is 3.12. The Morgan fingerprint density at radius 3 is 2.75 bits per heavy atom. The van der Waals surface area contributed by atoms with Crippen molar-refractivity contribution in [1.82, 2.24) is 9.78 Å². The molecule has 0 amide bonds. The van der Waals surface area contributed by atoms with E-state index in [0.29, 0.717) is 11.5 Å². The van der Waals surface area contributed by atoms with Crippen molar-refractivity contribution in [2.75, 3.05) is 0 Å². The van der Waals surface area contributed by atoms with Crippen LogP contribution in [0.15, 0.2) is 36.7 Å². The van der Waals surface area contributed by atoms with Gasteiger partial charge in [0, 0.05) is 0 Å². The van der Waals surface area contributed by atoms with E-state index in [9.17, 15) is 9.18 Å². The van der Waals surface area contributed by atoms with Gasteiger partial charge in [0.1, 0.15) is 17.9 Å². The Morgan fingerprint density at radius 1 is 1.31 bits per heavy atom. The summed E-state index contributed by atoms with van der Waals surface area (Å²) in [6.07, 6.45) is 3.83. The Labute approximate surface area is 91.3 Å². The van der Waals surface area contributed by atoms with Crippen LogP contribution in [0, 0.1) is 5.82 Å². The van der Waals surface area contributed by atoms with Gasteiger partial charge in [-0.1, -0.05) is 0 Å². The molecule has 2 aromatic rings. The van der Waals surface area contributed by atoms with E-state index in [-0.39, 0.29) is 12.4 Å². The fourth-order valence-corrected chi connectivity index (χ4v) is 1.21. The van der Waals surface area contributed by atoms with Crippen LogP contribution in [-0.4, -0.2) is 16.1 Å². The topological polar surface area (TPSA) is 44.1 Å². The molecule has 0 aliphatic rings. The predicted octanol–water partition coefficient (Wildman–Crippen LogP) is 2.01. The third-order valence-corrected chi connectivity index (χ3v) is 1.92. The molecule has 1 aromatic heterocycles. The predicted molar refractivity (Wildman–Crippen MR) is 54.8 cm³/mol. The van der Waals surface area contributed by atoms with Crippen LogP contribution in [0.1, 0.15) is 0 Å². The number of carbonyl (C=O) groups excluding carboxylic acids is 1. The number of hydrogen-bond acceptors (Lipinski definition) is 3. The molecular weight excluding hydrogens is 211 g/mol. The smallest absolute Gasteiger partial charge is 0.165 e. The Kier molecular flexibility index (Phi) is 2.95. The highest BCUT2D eigenvalue weighted by molar-refractivity contribution is 5.49. The highest BCUT2D eigenvalue weighted by atomic mass is 19.1. The maximum atomic E-state index is 12.6. The largest absolute Gasteiger partial charge is 0.454 e. The minimum absolute atomic E-state index is 0.187. The fraction of sp³-hybridized carbons (Fsp3) is 0.0909. The summed E-state index contributed by atoms with van der Waals surface area (Å²) in [5.74, 6) is 0.713. The van der Waals surface area contributed by atoms with Gasteiger partial charge in [-0.25, -0.2) is 4.39 Å². The van der Waals surface area contributed by atoms with E-state index in [1.54, 1.807) is 6.20 Å². The van der Waals surface area contributed by atoms with Gasteiger partial charge < -0.3 is 9.53 Å². The van der Waals surface area contributed by atoms with Crippen molar-refractivity contribution in [1.29, 1.82) is 0 Å². The lowest BCUT2D eigenvalue weighted by Gasteiger charge is -2.01. The molecule has 0 spiro atoms. The van der Waals surface area contributed by atoms with Gasteiger partial charge in [-0.2, -0.15) is 5.10 Å². The zero-order chi connectivity index (χ0) is 11.4. The second-order valence-corrected chi connectivity index (χ2v) is 3.12. The van der Waals surface area contributed by atoms with Crippen LogP contribution in [0.3, 0.4) is 0 Å². The van der Waals surface area contributed by atoms with Gasteiger partial charge in [0.05, 0.1) is 18.9 Å². The summed E-state index contributed by atoms with van der Waals surface area (Å²) in [6.45, 7) is 0.187. The molecule has 82 valence electrons. The van der Waals surface area contributed by atoms with Crippen LogP contribution in [0.5, 0.6) is 11.5 Å². The molecule has 0 saturated heterocycles. The van der Waals surface area contributed by atoms with Gasteiger partial charge in [0.25, 0.3) is 0 Å². The molecule has 0 radical (unpaired) electrons. The first-order chi connectivity index (χ1) is 7.78. The molecule has 5 heteroatoms. The monoisotopic (exact) mass is 220 g/mol. The van der Waals surface area contributed by atoms with Crippen LogP contribution < -0.4 is 4.74 Å². The standard InChI is InChI=1S/C11H9FN2O2/c12-9-1-3-10(4-2-9)16-11-7-13-14(8-11)5-6-15/h1-4,6-8H,5H2. The Hall–Kier alpha value is -2.17. The summed E-state index contributed by atoms with van der Waals surface area (Å²) >= 11 is 0.